The molecule has 0 bridgehead atoms. The van der Waals surface area contributed by atoms with E-state index in [2.05, 4.69) is 20.6 Å². The zero-order chi connectivity index (χ0) is 24.4. The number of halogens is 1. The fourth-order valence-electron chi connectivity index (χ4n) is 4.18. The van der Waals surface area contributed by atoms with Gasteiger partial charge in [-0.1, -0.05) is 11.6 Å². The van der Waals surface area contributed by atoms with Gasteiger partial charge in [-0.2, -0.15) is 0 Å². The number of pyridine rings is 2. The zero-order valence-corrected chi connectivity index (χ0v) is 20.0. The van der Waals surface area contributed by atoms with Crippen LogP contribution in [0.4, 0.5) is 11.5 Å². The minimum Gasteiger partial charge on any atom is -0.447 e. The van der Waals surface area contributed by atoms with Crippen LogP contribution in [0.5, 0.6) is 0 Å². The third-order valence-electron chi connectivity index (χ3n) is 6.21. The van der Waals surface area contributed by atoms with Gasteiger partial charge in [0.2, 0.25) is 17.6 Å². The van der Waals surface area contributed by atoms with E-state index in [1.807, 2.05) is 6.92 Å². The van der Waals surface area contributed by atoms with Gasteiger partial charge in [0.25, 0.3) is 5.91 Å². The number of fused-ring (bicyclic) bond motifs is 1. The molecule has 1 saturated carbocycles. The fraction of sp³-hybridized carbons (Fsp3) is 0.375. The number of carbonyl (C=O) groups is 3. The number of rotatable bonds is 5. The lowest BCUT2D eigenvalue weighted by Gasteiger charge is -2.33. The van der Waals surface area contributed by atoms with Crippen LogP contribution in [0, 0.1) is 12.8 Å². The van der Waals surface area contributed by atoms with E-state index in [0.717, 1.165) is 18.5 Å². The third kappa shape index (κ3) is 5.04. The second-order valence-corrected chi connectivity index (χ2v) is 8.98. The molecule has 2 N–H and O–H groups in total. The van der Waals surface area contributed by atoms with Crippen molar-refractivity contribution in [2.45, 2.75) is 45.6 Å². The molecular formula is C24H26ClN5O4. The molecule has 0 aromatic carbocycles. The molecule has 0 aliphatic heterocycles. The quantitative estimate of drug-likeness (QED) is 0.555. The smallest absolute Gasteiger partial charge is 0.294 e. The van der Waals surface area contributed by atoms with E-state index in [0.29, 0.717) is 34.8 Å². The Morgan fingerprint density at radius 3 is 2.47 bits per heavy atom. The molecule has 178 valence electrons. The predicted molar refractivity (Wildman–Crippen MR) is 129 cm³/mol. The van der Waals surface area contributed by atoms with Gasteiger partial charge in [0.05, 0.1) is 5.02 Å². The second kappa shape index (κ2) is 9.80. The number of anilines is 2. The average molecular weight is 484 g/mol. The summed E-state index contributed by atoms with van der Waals surface area (Å²) in [6.45, 7) is 3.37. The maximum Gasteiger partial charge on any atom is 0.294 e. The molecule has 1 fully saturated rings. The van der Waals surface area contributed by atoms with E-state index < -0.39 is 5.91 Å². The molecule has 10 heteroatoms. The van der Waals surface area contributed by atoms with Gasteiger partial charge in [0.15, 0.2) is 5.58 Å². The van der Waals surface area contributed by atoms with Gasteiger partial charge in [-0.15, -0.1) is 0 Å². The lowest BCUT2D eigenvalue weighted by Crippen LogP contribution is -2.40. The average Bonchev–Trinajstić information content (AvgIpc) is 3.17. The van der Waals surface area contributed by atoms with Gasteiger partial charge < -0.3 is 20.0 Å². The minimum absolute atomic E-state index is 0.0186. The summed E-state index contributed by atoms with van der Waals surface area (Å²) in [5.74, 6) is -0.737. The SMILES string of the molecule is CC(=O)N(C)[C@H]1CC[C@H](C(=O)Nc2c(C(=O)Nc3ccc(Cl)cn3)oc3ccc(C)nc23)CC1. The number of amides is 3. The molecule has 3 aromatic heterocycles. The van der Waals surface area contributed by atoms with E-state index >= 15 is 0 Å². The Balaban J connectivity index is 1.55. The maximum atomic E-state index is 13.2. The molecule has 0 spiro atoms. The Morgan fingerprint density at radius 1 is 1.09 bits per heavy atom. The van der Waals surface area contributed by atoms with Gasteiger partial charge >= 0.3 is 0 Å². The Hall–Kier alpha value is -3.46. The lowest BCUT2D eigenvalue weighted by molar-refractivity contribution is -0.130. The minimum atomic E-state index is -0.562. The van der Waals surface area contributed by atoms with Gasteiger partial charge in [-0.05, 0) is 56.9 Å². The van der Waals surface area contributed by atoms with Crippen LogP contribution >= 0.6 is 11.6 Å². The summed E-state index contributed by atoms with van der Waals surface area (Å²) in [4.78, 5) is 48.1. The highest BCUT2D eigenvalue weighted by Gasteiger charge is 2.31. The summed E-state index contributed by atoms with van der Waals surface area (Å²) in [5.41, 5.74) is 1.76. The van der Waals surface area contributed by atoms with Crippen molar-refractivity contribution in [1.82, 2.24) is 14.9 Å². The molecule has 1 aliphatic carbocycles. The normalized spacial score (nSPS) is 17.9. The number of hydrogen-bond acceptors (Lipinski definition) is 6. The molecule has 0 saturated heterocycles. The van der Waals surface area contributed by atoms with Crippen molar-refractivity contribution in [3.8, 4) is 0 Å². The van der Waals surface area contributed by atoms with E-state index in [-0.39, 0.29) is 35.2 Å². The highest BCUT2D eigenvalue weighted by atomic mass is 35.5. The molecule has 0 atom stereocenters. The molecule has 3 heterocycles. The number of carbonyl (C=O) groups excluding carboxylic acids is 3. The van der Waals surface area contributed by atoms with Gasteiger partial charge in [-0.3, -0.25) is 14.4 Å². The highest BCUT2D eigenvalue weighted by molar-refractivity contribution is 6.30. The van der Waals surface area contributed by atoms with Crippen molar-refractivity contribution in [2.24, 2.45) is 5.92 Å². The van der Waals surface area contributed by atoms with Gasteiger partial charge in [0, 0.05) is 37.8 Å². The van der Waals surface area contributed by atoms with E-state index in [9.17, 15) is 14.4 Å². The summed E-state index contributed by atoms with van der Waals surface area (Å²) in [6.07, 6.45) is 4.20. The predicted octanol–water partition coefficient (Wildman–Crippen LogP) is 4.41. The first-order valence-electron chi connectivity index (χ1n) is 11.1. The standard InChI is InChI=1S/C24H26ClN5O4/c1-13-4-10-18-20(27-13)21(22(34-18)24(33)28-19-11-7-16(25)12-26-19)29-23(32)15-5-8-17(9-6-15)30(3)14(2)31/h4,7,10-12,15,17H,5-6,8-9H2,1-3H3,(H,29,32)(H,26,28,33)/t15-,17-. The van der Waals surface area contributed by atoms with Crippen molar-refractivity contribution < 1.29 is 18.8 Å². The molecule has 0 unspecified atom stereocenters. The summed E-state index contributed by atoms with van der Waals surface area (Å²) in [6, 6.07) is 6.80. The molecule has 9 nitrogen and oxygen atoms in total. The van der Waals surface area contributed by atoms with Crippen LogP contribution in [-0.2, 0) is 9.59 Å². The number of hydrogen-bond donors (Lipinski definition) is 2. The topological polar surface area (TPSA) is 117 Å². The van der Waals surface area contributed by atoms with E-state index in [1.165, 1.54) is 6.20 Å². The molecular weight excluding hydrogens is 458 g/mol. The number of nitrogens with zero attached hydrogens (tertiary/aromatic N) is 3. The summed E-state index contributed by atoms with van der Waals surface area (Å²) < 4.78 is 5.79. The van der Waals surface area contributed by atoms with Crippen molar-refractivity contribution in [2.75, 3.05) is 17.7 Å². The third-order valence-corrected chi connectivity index (χ3v) is 6.43. The van der Waals surface area contributed by atoms with Crippen LogP contribution in [0.15, 0.2) is 34.9 Å². The first-order chi connectivity index (χ1) is 16.2. The van der Waals surface area contributed by atoms with Gasteiger partial charge in [0.1, 0.15) is 17.0 Å². The van der Waals surface area contributed by atoms with Crippen LogP contribution < -0.4 is 10.6 Å². The summed E-state index contributed by atoms with van der Waals surface area (Å²) in [5, 5.41) is 6.00. The monoisotopic (exact) mass is 483 g/mol. The van der Waals surface area contributed by atoms with E-state index in [4.69, 9.17) is 16.0 Å². The largest absolute Gasteiger partial charge is 0.447 e. The van der Waals surface area contributed by atoms with Crippen LogP contribution in [-0.4, -0.2) is 45.7 Å². The van der Waals surface area contributed by atoms with Crippen LogP contribution in [0.25, 0.3) is 11.1 Å². The fourth-order valence-corrected chi connectivity index (χ4v) is 4.29. The van der Waals surface area contributed by atoms with E-state index in [1.54, 1.807) is 43.1 Å². The first-order valence-corrected chi connectivity index (χ1v) is 11.5. The Kier molecular flexibility index (Phi) is 6.83. The summed E-state index contributed by atoms with van der Waals surface area (Å²) >= 11 is 5.86. The summed E-state index contributed by atoms with van der Waals surface area (Å²) in [7, 11) is 1.79. The van der Waals surface area contributed by atoms with Crippen molar-refractivity contribution in [1.29, 1.82) is 0 Å². The number of nitrogens with one attached hydrogen (secondary N) is 2. The number of aryl methyl sites for hydroxylation is 1. The number of furan rings is 1. The zero-order valence-electron chi connectivity index (χ0n) is 19.2. The Bertz CT molecular complexity index is 1230. The van der Waals surface area contributed by atoms with Crippen molar-refractivity contribution in [3.05, 3.63) is 46.9 Å². The Morgan fingerprint density at radius 2 is 1.82 bits per heavy atom. The first kappa shape index (κ1) is 23.7. The molecule has 3 aromatic rings. The molecule has 3 amide bonds. The second-order valence-electron chi connectivity index (χ2n) is 8.55. The van der Waals surface area contributed by atoms with Crippen LogP contribution in [0.1, 0.15) is 48.9 Å². The van der Waals surface area contributed by atoms with Gasteiger partial charge in [-0.25, -0.2) is 9.97 Å². The molecule has 1 aliphatic rings. The molecule has 34 heavy (non-hydrogen) atoms. The highest BCUT2D eigenvalue weighted by Crippen LogP contribution is 2.33. The van der Waals surface area contributed by atoms with Crippen LogP contribution in [0.3, 0.4) is 0 Å². The Labute approximate surface area is 201 Å². The number of aromatic nitrogens is 2. The van der Waals surface area contributed by atoms with Crippen LogP contribution in [0.2, 0.25) is 5.02 Å². The maximum absolute atomic E-state index is 13.2. The lowest BCUT2D eigenvalue weighted by atomic mass is 9.85. The van der Waals surface area contributed by atoms with Crippen molar-refractivity contribution >= 4 is 51.9 Å². The molecule has 4 rings (SSSR count). The van der Waals surface area contributed by atoms with Crippen molar-refractivity contribution in [3.63, 3.8) is 0 Å². The molecule has 0 radical (unpaired) electrons.